The van der Waals surface area contributed by atoms with E-state index in [4.69, 9.17) is 5.26 Å². The van der Waals surface area contributed by atoms with Crippen molar-refractivity contribution in [2.45, 2.75) is 13.3 Å². The van der Waals surface area contributed by atoms with Crippen LogP contribution in [0.2, 0.25) is 0 Å². The van der Waals surface area contributed by atoms with Gasteiger partial charge in [-0.05, 0) is 31.0 Å². The lowest BCUT2D eigenvalue weighted by Gasteiger charge is -2.06. The number of hydrogen-bond acceptors (Lipinski definition) is 4. The molecule has 0 amide bonds. The number of rotatable bonds is 4. The van der Waals surface area contributed by atoms with Crippen LogP contribution in [0.3, 0.4) is 0 Å². The quantitative estimate of drug-likeness (QED) is 0.883. The summed E-state index contributed by atoms with van der Waals surface area (Å²) in [6, 6.07) is 6.15. The van der Waals surface area contributed by atoms with Gasteiger partial charge in [0.05, 0.1) is 5.69 Å². The largest absolute Gasteiger partial charge is 0.369 e. The second-order valence-corrected chi connectivity index (χ2v) is 4.08. The maximum absolute atomic E-state index is 9.08. The first-order valence-electron chi connectivity index (χ1n) is 5.79. The number of aromatic nitrogens is 3. The zero-order valence-electron chi connectivity index (χ0n) is 10.5. The molecule has 0 saturated heterocycles. The lowest BCUT2D eigenvalue weighted by atomic mass is 10.2. The Bertz CT molecular complexity index is 565. The van der Waals surface area contributed by atoms with Crippen molar-refractivity contribution in [1.82, 2.24) is 14.8 Å². The van der Waals surface area contributed by atoms with E-state index in [0.717, 1.165) is 24.5 Å². The molecule has 0 bridgehead atoms. The summed E-state index contributed by atoms with van der Waals surface area (Å²) < 4.78 is 1.71. The third kappa shape index (κ3) is 2.48. The van der Waals surface area contributed by atoms with E-state index in [1.807, 2.05) is 26.1 Å². The summed E-state index contributed by atoms with van der Waals surface area (Å²) in [6.45, 7) is 2.60. The minimum atomic E-state index is 0.618. The van der Waals surface area contributed by atoms with Crippen molar-refractivity contribution in [3.63, 3.8) is 0 Å². The molecule has 0 radical (unpaired) electrons. The van der Waals surface area contributed by atoms with E-state index in [-0.39, 0.29) is 0 Å². The summed E-state index contributed by atoms with van der Waals surface area (Å²) >= 11 is 0. The monoisotopic (exact) mass is 241 g/mol. The van der Waals surface area contributed by atoms with Crippen LogP contribution in [-0.4, -0.2) is 21.3 Å². The number of aryl methyl sites for hydroxylation is 2. The molecule has 92 valence electrons. The second kappa shape index (κ2) is 5.32. The molecule has 0 aliphatic carbocycles. The van der Waals surface area contributed by atoms with Crippen LogP contribution in [0.1, 0.15) is 16.8 Å². The molecule has 2 aromatic rings. The number of hydrogen-bond donors (Lipinski definition) is 1. The number of nitrogens with zero attached hydrogens (tertiary/aromatic N) is 4. The van der Waals surface area contributed by atoms with Gasteiger partial charge in [0.2, 0.25) is 0 Å². The Morgan fingerprint density at radius 2 is 2.11 bits per heavy atom. The molecule has 2 heterocycles. The summed E-state index contributed by atoms with van der Waals surface area (Å²) in [6.07, 6.45) is 4.45. The van der Waals surface area contributed by atoms with E-state index >= 15 is 0 Å². The fourth-order valence-corrected chi connectivity index (χ4v) is 1.87. The Balaban J connectivity index is 2.01. The zero-order chi connectivity index (χ0) is 13.0. The molecule has 0 spiro atoms. The summed E-state index contributed by atoms with van der Waals surface area (Å²) in [4.78, 5) is 3.98. The minimum absolute atomic E-state index is 0.618. The number of pyridine rings is 1. The van der Waals surface area contributed by atoms with Gasteiger partial charge in [0.25, 0.3) is 0 Å². The van der Waals surface area contributed by atoms with E-state index in [1.165, 1.54) is 5.56 Å². The van der Waals surface area contributed by atoms with Gasteiger partial charge in [0, 0.05) is 26.0 Å². The van der Waals surface area contributed by atoms with Crippen LogP contribution in [0.25, 0.3) is 0 Å². The molecule has 0 fully saturated rings. The second-order valence-electron chi connectivity index (χ2n) is 4.08. The van der Waals surface area contributed by atoms with Crippen LogP contribution in [0.5, 0.6) is 0 Å². The Hall–Kier alpha value is -2.35. The highest BCUT2D eigenvalue weighted by Crippen LogP contribution is 2.17. The molecule has 5 nitrogen and oxygen atoms in total. The van der Waals surface area contributed by atoms with E-state index in [2.05, 4.69) is 21.5 Å². The molecule has 0 unspecified atom stereocenters. The summed E-state index contributed by atoms with van der Waals surface area (Å²) in [7, 11) is 1.84. The van der Waals surface area contributed by atoms with Crippen molar-refractivity contribution in [1.29, 1.82) is 5.26 Å². The average Bonchev–Trinajstić information content (AvgIpc) is 2.65. The predicted octanol–water partition coefficient (Wildman–Crippen LogP) is 1.65. The summed E-state index contributed by atoms with van der Waals surface area (Å²) in [5, 5.41) is 16.6. The van der Waals surface area contributed by atoms with Gasteiger partial charge in [0.15, 0.2) is 0 Å². The lowest BCUT2D eigenvalue weighted by Crippen LogP contribution is -2.09. The van der Waals surface area contributed by atoms with Crippen LogP contribution >= 0.6 is 0 Å². The summed E-state index contributed by atoms with van der Waals surface area (Å²) in [5.74, 6) is 0.782. The highest BCUT2D eigenvalue weighted by Gasteiger charge is 2.11. The van der Waals surface area contributed by atoms with Gasteiger partial charge < -0.3 is 5.32 Å². The van der Waals surface area contributed by atoms with Crippen molar-refractivity contribution in [2.75, 3.05) is 11.9 Å². The minimum Gasteiger partial charge on any atom is -0.369 e. The van der Waals surface area contributed by atoms with Crippen molar-refractivity contribution < 1.29 is 0 Å². The van der Waals surface area contributed by atoms with Crippen LogP contribution < -0.4 is 5.32 Å². The number of anilines is 1. The first-order chi connectivity index (χ1) is 8.72. The first kappa shape index (κ1) is 12.1. The molecular weight excluding hydrogens is 226 g/mol. The van der Waals surface area contributed by atoms with Crippen molar-refractivity contribution in [3.05, 3.63) is 41.3 Å². The molecule has 0 atom stereocenters. The highest BCUT2D eigenvalue weighted by molar-refractivity contribution is 5.54. The Morgan fingerprint density at radius 3 is 2.78 bits per heavy atom. The van der Waals surface area contributed by atoms with Crippen molar-refractivity contribution in [2.24, 2.45) is 7.05 Å². The van der Waals surface area contributed by atoms with E-state index < -0.39 is 0 Å². The van der Waals surface area contributed by atoms with Crippen LogP contribution in [0, 0.1) is 18.3 Å². The molecule has 2 rings (SSSR count). The smallest absolute Gasteiger partial charge is 0.142 e. The normalized spacial score (nSPS) is 10.1. The summed E-state index contributed by atoms with van der Waals surface area (Å²) in [5.41, 5.74) is 2.59. The maximum atomic E-state index is 9.08. The van der Waals surface area contributed by atoms with Gasteiger partial charge >= 0.3 is 0 Å². The van der Waals surface area contributed by atoms with E-state index in [0.29, 0.717) is 5.56 Å². The average molecular weight is 241 g/mol. The van der Waals surface area contributed by atoms with E-state index in [9.17, 15) is 0 Å². The fraction of sp³-hybridized carbons (Fsp3) is 0.308. The number of nitrogens with one attached hydrogen (secondary N) is 1. The van der Waals surface area contributed by atoms with Crippen molar-refractivity contribution >= 4 is 5.82 Å². The van der Waals surface area contributed by atoms with Gasteiger partial charge in [-0.3, -0.25) is 9.67 Å². The molecule has 0 aliphatic rings. The molecule has 0 aromatic carbocycles. The van der Waals surface area contributed by atoms with Gasteiger partial charge in [-0.25, -0.2) is 0 Å². The Kier molecular flexibility index (Phi) is 3.58. The first-order valence-corrected chi connectivity index (χ1v) is 5.79. The third-order valence-corrected chi connectivity index (χ3v) is 2.79. The predicted molar refractivity (Wildman–Crippen MR) is 69.1 cm³/mol. The zero-order valence-corrected chi connectivity index (χ0v) is 10.5. The van der Waals surface area contributed by atoms with Crippen molar-refractivity contribution in [3.8, 4) is 6.07 Å². The molecule has 18 heavy (non-hydrogen) atoms. The molecular formula is C13H15N5. The molecule has 0 saturated carbocycles. The van der Waals surface area contributed by atoms with Crippen LogP contribution in [0.15, 0.2) is 24.5 Å². The van der Waals surface area contributed by atoms with Crippen LogP contribution in [0.4, 0.5) is 5.82 Å². The maximum Gasteiger partial charge on any atom is 0.142 e. The SMILES string of the molecule is Cc1nn(C)c(NCCc2ccncc2)c1C#N. The van der Waals surface area contributed by atoms with E-state index in [1.54, 1.807) is 17.1 Å². The Morgan fingerprint density at radius 1 is 1.39 bits per heavy atom. The molecule has 5 heteroatoms. The van der Waals surface area contributed by atoms with Gasteiger partial charge in [-0.2, -0.15) is 10.4 Å². The Labute approximate surface area is 106 Å². The third-order valence-electron chi connectivity index (χ3n) is 2.79. The van der Waals surface area contributed by atoms with Crippen LogP contribution in [-0.2, 0) is 13.5 Å². The fourth-order valence-electron chi connectivity index (χ4n) is 1.87. The van der Waals surface area contributed by atoms with Gasteiger partial charge in [0.1, 0.15) is 17.5 Å². The number of nitriles is 1. The topological polar surface area (TPSA) is 66.5 Å². The lowest BCUT2D eigenvalue weighted by molar-refractivity contribution is 0.757. The molecule has 2 aromatic heterocycles. The molecule has 1 N–H and O–H groups in total. The van der Waals surface area contributed by atoms with Gasteiger partial charge in [-0.15, -0.1) is 0 Å². The highest BCUT2D eigenvalue weighted by atomic mass is 15.3. The standard InChI is InChI=1S/C13H15N5/c1-10-12(9-14)13(18(2)17-10)16-8-5-11-3-6-15-7-4-11/h3-4,6-7,16H,5,8H2,1-2H3. The molecule has 0 aliphatic heterocycles. The van der Waals surface area contributed by atoms with Gasteiger partial charge in [-0.1, -0.05) is 0 Å².